The van der Waals surface area contributed by atoms with E-state index in [0.717, 1.165) is 34.3 Å². The van der Waals surface area contributed by atoms with Gasteiger partial charge in [0, 0.05) is 22.8 Å². The van der Waals surface area contributed by atoms with E-state index in [2.05, 4.69) is 51.7 Å². The predicted octanol–water partition coefficient (Wildman–Crippen LogP) is 8.16. The maximum atomic E-state index is 11.4. The largest absolute Gasteiger partial charge is 0.393 e. The van der Waals surface area contributed by atoms with Crippen LogP contribution in [0.4, 0.5) is 0 Å². The van der Waals surface area contributed by atoms with Crippen LogP contribution in [0.5, 0.6) is 0 Å². The van der Waals surface area contributed by atoms with Gasteiger partial charge in [0.15, 0.2) is 0 Å². The van der Waals surface area contributed by atoms with E-state index in [4.69, 9.17) is 0 Å². The van der Waals surface area contributed by atoms with Crippen LogP contribution in [-0.4, -0.2) is 43.8 Å². The summed E-state index contributed by atoms with van der Waals surface area (Å²) >= 11 is 0. The first-order chi connectivity index (χ1) is 20.3. The van der Waals surface area contributed by atoms with Crippen molar-refractivity contribution in [2.75, 3.05) is 0 Å². The second-order valence-electron chi connectivity index (χ2n) is 14.4. The van der Waals surface area contributed by atoms with E-state index in [1.54, 1.807) is 13.0 Å². The van der Waals surface area contributed by atoms with Crippen molar-refractivity contribution >= 4 is 0 Å². The maximum Gasteiger partial charge on any atom is 0.117 e. The lowest BCUT2D eigenvalue weighted by Gasteiger charge is -2.54. The molecule has 0 radical (unpaired) electrons. The van der Waals surface area contributed by atoms with Crippen LogP contribution < -0.4 is 0 Å². The second kappa shape index (κ2) is 15.4. The van der Waals surface area contributed by atoms with E-state index >= 15 is 0 Å². The number of hydrogen-bond donors (Lipinski definition) is 4. The lowest BCUT2D eigenvalue weighted by atomic mass is 9.57. The number of aliphatic hydroxyl groups is 4. The van der Waals surface area contributed by atoms with Crippen LogP contribution >= 0.6 is 0 Å². The van der Waals surface area contributed by atoms with Crippen molar-refractivity contribution < 1.29 is 20.4 Å². The molecule has 1 saturated carbocycles. The molecule has 1 fully saturated rings. The Labute approximate surface area is 267 Å². The fourth-order valence-electron chi connectivity index (χ4n) is 6.37. The van der Waals surface area contributed by atoms with Gasteiger partial charge in [0.1, 0.15) is 5.60 Å². The average molecular weight is 601 g/mol. The smallest absolute Gasteiger partial charge is 0.117 e. The van der Waals surface area contributed by atoms with Crippen molar-refractivity contribution in [1.29, 1.82) is 0 Å². The third-order valence-electron chi connectivity index (χ3n) is 8.85. The monoisotopic (exact) mass is 600 g/mol. The highest BCUT2D eigenvalue weighted by molar-refractivity contribution is 5.45. The summed E-state index contributed by atoms with van der Waals surface area (Å²) in [5.74, 6) is 6.65. The summed E-state index contributed by atoms with van der Waals surface area (Å²) in [4.78, 5) is 0. The molecule has 0 bridgehead atoms. The quantitative estimate of drug-likeness (QED) is 0.167. The lowest BCUT2D eigenvalue weighted by molar-refractivity contribution is -0.216. The molecule has 0 amide bonds. The molecule has 4 heteroatoms. The first-order valence-corrected chi connectivity index (χ1v) is 15.7. The molecule has 4 atom stereocenters. The Morgan fingerprint density at radius 1 is 0.705 bits per heavy atom. The van der Waals surface area contributed by atoms with Crippen molar-refractivity contribution in [3.63, 3.8) is 0 Å². The summed E-state index contributed by atoms with van der Waals surface area (Å²) in [6.07, 6.45) is 24.8. The minimum absolute atomic E-state index is 0.0983. The van der Waals surface area contributed by atoms with E-state index in [1.165, 1.54) is 5.57 Å². The zero-order valence-electron chi connectivity index (χ0n) is 28.7. The molecular weight excluding hydrogens is 544 g/mol. The van der Waals surface area contributed by atoms with Gasteiger partial charge in [-0.15, -0.1) is 0 Å². The van der Waals surface area contributed by atoms with Gasteiger partial charge in [-0.25, -0.2) is 0 Å². The third-order valence-corrected chi connectivity index (χ3v) is 8.85. The number of aliphatic hydroxyl groups excluding tert-OH is 2. The van der Waals surface area contributed by atoms with Crippen molar-refractivity contribution in [3.05, 3.63) is 106 Å². The molecule has 2 rings (SSSR count). The molecule has 0 heterocycles. The Morgan fingerprint density at radius 3 is 1.77 bits per heavy atom. The molecule has 240 valence electrons. The molecule has 0 saturated heterocycles. The zero-order chi connectivity index (χ0) is 33.3. The van der Waals surface area contributed by atoms with Crippen LogP contribution in [0, 0.1) is 22.7 Å². The summed E-state index contributed by atoms with van der Waals surface area (Å²) in [7, 11) is 0. The van der Waals surface area contributed by atoms with Crippen LogP contribution in [-0.2, 0) is 0 Å². The summed E-state index contributed by atoms with van der Waals surface area (Å²) in [5, 5.41) is 42.6. The van der Waals surface area contributed by atoms with Gasteiger partial charge in [0.2, 0.25) is 0 Å². The molecule has 0 aromatic rings. The Bertz CT molecular complexity index is 1350. The van der Waals surface area contributed by atoms with Gasteiger partial charge >= 0.3 is 0 Å². The maximum absolute atomic E-state index is 11.4. The van der Waals surface area contributed by atoms with E-state index in [9.17, 15) is 20.4 Å². The van der Waals surface area contributed by atoms with Gasteiger partial charge in [0.25, 0.3) is 0 Å². The number of allylic oxidation sites excluding steroid dienone is 16. The SMILES string of the molecule is CC(C=CC1(O)C(C)(C)CC(O)CC1(C)O)=CC=CC(C)=C/C=C/C=C(C)/C=C/C=C(\C)C#CC1=C(C)CC(O)CC1(C)C. The summed E-state index contributed by atoms with van der Waals surface area (Å²) in [6, 6.07) is 0. The van der Waals surface area contributed by atoms with Gasteiger partial charge in [-0.2, -0.15) is 0 Å². The van der Waals surface area contributed by atoms with Gasteiger partial charge in [-0.3, -0.25) is 0 Å². The van der Waals surface area contributed by atoms with E-state index in [0.29, 0.717) is 12.8 Å². The molecule has 4 nitrogen and oxygen atoms in total. The molecule has 44 heavy (non-hydrogen) atoms. The minimum atomic E-state index is -1.45. The highest BCUT2D eigenvalue weighted by Crippen LogP contribution is 2.50. The summed E-state index contributed by atoms with van der Waals surface area (Å²) < 4.78 is 0. The molecule has 0 aromatic heterocycles. The zero-order valence-corrected chi connectivity index (χ0v) is 28.7. The molecule has 0 spiro atoms. The van der Waals surface area contributed by atoms with Gasteiger partial charge in [0.05, 0.1) is 17.8 Å². The Morgan fingerprint density at radius 2 is 1.23 bits per heavy atom. The average Bonchev–Trinajstić information content (AvgIpc) is 2.87. The number of hydrogen-bond acceptors (Lipinski definition) is 4. The summed E-state index contributed by atoms with van der Waals surface area (Å²) in [5.41, 5.74) is 2.87. The first-order valence-electron chi connectivity index (χ1n) is 15.7. The fourth-order valence-corrected chi connectivity index (χ4v) is 6.37. The fraction of sp³-hybridized carbons (Fsp3) is 0.500. The topological polar surface area (TPSA) is 80.9 Å². The molecule has 2 aliphatic carbocycles. The lowest BCUT2D eigenvalue weighted by Crippen LogP contribution is -2.65. The summed E-state index contributed by atoms with van der Waals surface area (Å²) in [6.45, 7) is 19.8. The van der Waals surface area contributed by atoms with Crippen molar-refractivity contribution in [2.45, 2.75) is 118 Å². The predicted molar refractivity (Wildman–Crippen MR) is 186 cm³/mol. The van der Waals surface area contributed by atoms with Crippen LogP contribution in [0.25, 0.3) is 0 Å². The van der Waals surface area contributed by atoms with Crippen LogP contribution in [0.3, 0.4) is 0 Å². The van der Waals surface area contributed by atoms with Gasteiger partial charge in [-0.1, -0.05) is 129 Å². The van der Waals surface area contributed by atoms with E-state index < -0.39 is 22.7 Å². The Balaban J connectivity index is 1.96. The normalized spacial score (nSPS) is 30.6. The van der Waals surface area contributed by atoms with Crippen LogP contribution in [0.2, 0.25) is 0 Å². The Kier molecular flexibility index (Phi) is 13.0. The highest BCUT2D eigenvalue weighted by atomic mass is 16.4. The number of rotatable bonds is 8. The molecule has 2 aliphatic rings. The molecular formula is C40H56O4. The van der Waals surface area contributed by atoms with Crippen LogP contribution in [0.15, 0.2) is 106 Å². The van der Waals surface area contributed by atoms with E-state index in [1.807, 2.05) is 89.3 Å². The van der Waals surface area contributed by atoms with Crippen molar-refractivity contribution in [3.8, 4) is 11.8 Å². The van der Waals surface area contributed by atoms with Crippen LogP contribution in [0.1, 0.15) is 94.9 Å². The van der Waals surface area contributed by atoms with Crippen molar-refractivity contribution in [1.82, 2.24) is 0 Å². The second-order valence-corrected chi connectivity index (χ2v) is 14.4. The van der Waals surface area contributed by atoms with Crippen molar-refractivity contribution in [2.24, 2.45) is 10.8 Å². The first kappa shape index (κ1) is 37.2. The third kappa shape index (κ3) is 10.3. The standard InChI is InChI=1S/C40H56O4/c1-29(17-13-19-31(3)21-22-36-33(5)25-34(41)26-37(36,6)7)15-11-12-16-30(2)18-14-20-32(4)23-24-40(44)38(8,9)27-35(42)28-39(40,10)43/h11-20,23-24,34-35,41-44H,25-28H2,1-10H3/b12-11+,17-13+,18-14?,24-23?,29-15+,30-16?,31-19+,32-20?. The minimum Gasteiger partial charge on any atom is -0.393 e. The highest BCUT2D eigenvalue weighted by Gasteiger charge is 2.58. The molecule has 0 aliphatic heterocycles. The molecule has 0 aromatic carbocycles. The van der Waals surface area contributed by atoms with E-state index in [-0.39, 0.29) is 17.9 Å². The molecule has 4 unspecified atom stereocenters. The molecule has 4 N–H and O–H groups in total. The van der Waals surface area contributed by atoms with Gasteiger partial charge < -0.3 is 20.4 Å². The Hall–Kier alpha value is -2.94. The van der Waals surface area contributed by atoms with Gasteiger partial charge in [-0.05, 0) is 72.5 Å².